The number of rotatable bonds is 7. The van der Waals surface area contributed by atoms with Crippen LogP contribution in [0.1, 0.15) is 19.8 Å². The van der Waals surface area contributed by atoms with Gasteiger partial charge in [0, 0.05) is 12.6 Å². The SMILES string of the molecule is COC(=O)Cn1ncc(NC(C)CCCO)c(Br)c1=O. The van der Waals surface area contributed by atoms with Gasteiger partial charge in [0.1, 0.15) is 11.0 Å². The molecule has 0 aliphatic rings. The molecular formula is C12H18BrN3O4. The van der Waals surface area contributed by atoms with Crippen LogP contribution in [0.4, 0.5) is 5.69 Å². The molecule has 0 aliphatic heterocycles. The Morgan fingerprint density at radius 2 is 2.35 bits per heavy atom. The Kier molecular flexibility index (Phi) is 6.66. The predicted molar refractivity (Wildman–Crippen MR) is 77.6 cm³/mol. The summed E-state index contributed by atoms with van der Waals surface area (Å²) in [6.45, 7) is 1.85. The Morgan fingerprint density at radius 3 is 2.95 bits per heavy atom. The number of aliphatic hydroxyl groups is 1. The van der Waals surface area contributed by atoms with Crippen LogP contribution in [-0.2, 0) is 16.1 Å². The van der Waals surface area contributed by atoms with Gasteiger partial charge < -0.3 is 15.2 Å². The number of nitrogens with one attached hydrogen (secondary N) is 1. The second-order valence-corrected chi connectivity index (χ2v) is 5.12. The van der Waals surface area contributed by atoms with Gasteiger partial charge in [-0.1, -0.05) is 0 Å². The quantitative estimate of drug-likeness (QED) is 0.707. The number of carbonyl (C=O) groups is 1. The molecule has 0 spiro atoms. The molecule has 0 fully saturated rings. The summed E-state index contributed by atoms with van der Waals surface area (Å²) in [7, 11) is 1.25. The van der Waals surface area contributed by atoms with E-state index in [1.54, 1.807) is 0 Å². The first kappa shape index (κ1) is 16.6. The third-order valence-electron chi connectivity index (χ3n) is 2.69. The van der Waals surface area contributed by atoms with E-state index >= 15 is 0 Å². The number of nitrogens with zero attached hydrogens (tertiary/aromatic N) is 2. The van der Waals surface area contributed by atoms with Crippen molar-refractivity contribution in [3.8, 4) is 0 Å². The first-order valence-corrected chi connectivity index (χ1v) is 6.98. The summed E-state index contributed by atoms with van der Waals surface area (Å²) in [5.74, 6) is -0.538. The Balaban J connectivity index is 2.83. The van der Waals surface area contributed by atoms with Crippen LogP contribution >= 0.6 is 15.9 Å². The van der Waals surface area contributed by atoms with E-state index in [9.17, 15) is 9.59 Å². The maximum absolute atomic E-state index is 12.0. The molecule has 0 saturated carbocycles. The highest BCUT2D eigenvalue weighted by molar-refractivity contribution is 9.10. The van der Waals surface area contributed by atoms with E-state index in [0.29, 0.717) is 16.6 Å². The molecule has 1 aromatic heterocycles. The van der Waals surface area contributed by atoms with Gasteiger partial charge in [0.25, 0.3) is 5.56 Å². The van der Waals surface area contributed by atoms with Gasteiger partial charge in [-0.15, -0.1) is 0 Å². The molecule has 1 rings (SSSR count). The number of esters is 1. The largest absolute Gasteiger partial charge is 0.468 e. The number of halogens is 1. The minimum absolute atomic E-state index is 0.0936. The maximum atomic E-state index is 12.0. The zero-order valence-corrected chi connectivity index (χ0v) is 13.0. The van der Waals surface area contributed by atoms with Crippen molar-refractivity contribution in [3.05, 3.63) is 21.0 Å². The number of anilines is 1. The maximum Gasteiger partial charge on any atom is 0.327 e. The average Bonchev–Trinajstić information content (AvgIpc) is 2.44. The van der Waals surface area contributed by atoms with Crippen molar-refractivity contribution in [1.29, 1.82) is 0 Å². The van der Waals surface area contributed by atoms with Crippen molar-refractivity contribution in [1.82, 2.24) is 9.78 Å². The van der Waals surface area contributed by atoms with E-state index in [4.69, 9.17) is 5.11 Å². The molecule has 0 aliphatic carbocycles. The fraction of sp³-hybridized carbons (Fsp3) is 0.583. The van der Waals surface area contributed by atoms with Crippen LogP contribution in [0.5, 0.6) is 0 Å². The van der Waals surface area contributed by atoms with E-state index in [2.05, 4.69) is 31.1 Å². The zero-order valence-electron chi connectivity index (χ0n) is 11.4. The molecule has 1 aromatic rings. The minimum Gasteiger partial charge on any atom is -0.468 e. The number of hydrogen-bond donors (Lipinski definition) is 2. The van der Waals surface area contributed by atoms with E-state index in [1.807, 2.05) is 6.92 Å². The van der Waals surface area contributed by atoms with Crippen LogP contribution in [-0.4, -0.2) is 40.6 Å². The standard InChI is InChI=1S/C12H18BrN3O4/c1-8(4-3-5-17)15-9-6-14-16(7-10(18)20-2)12(19)11(9)13/h6,8,15,17H,3-5,7H2,1-2H3. The van der Waals surface area contributed by atoms with Gasteiger partial charge in [0.15, 0.2) is 0 Å². The van der Waals surface area contributed by atoms with E-state index < -0.39 is 11.5 Å². The molecular weight excluding hydrogens is 330 g/mol. The number of ether oxygens (including phenoxy) is 1. The second-order valence-electron chi connectivity index (χ2n) is 4.32. The van der Waals surface area contributed by atoms with Gasteiger partial charge in [-0.3, -0.25) is 9.59 Å². The van der Waals surface area contributed by atoms with Crippen LogP contribution in [0.15, 0.2) is 15.5 Å². The Bertz CT molecular complexity index is 518. The van der Waals surface area contributed by atoms with E-state index in [0.717, 1.165) is 11.1 Å². The van der Waals surface area contributed by atoms with Crippen molar-refractivity contribution >= 4 is 27.6 Å². The number of hydrogen-bond acceptors (Lipinski definition) is 6. The molecule has 0 radical (unpaired) electrons. The molecule has 20 heavy (non-hydrogen) atoms. The van der Waals surface area contributed by atoms with Crippen LogP contribution in [0.2, 0.25) is 0 Å². The molecule has 0 aromatic carbocycles. The predicted octanol–water partition coefficient (Wildman–Crippen LogP) is 0.752. The molecule has 1 atom stereocenters. The number of carbonyl (C=O) groups excluding carboxylic acids is 1. The lowest BCUT2D eigenvalue weighted by Gasteiger charge is -2.16. The highest BCUT2D eigenvalue weighted by atomic mass is 79.9. The molecule has 0 saturated heterocycles. The van der Waals surface area contributed by atoms with Crippen LogP contribution < -0.4 is 10.9 Å². The van der Waals surface area contributed by atoms with Crippen molar-refractivity contribution in [2.75, 3.05) is 19.0 Å². The fourth-order valence-corrected chi connectivity index (χ4v) is 2.02. The minimum atomic E-state index is -0.538. The second kappa shape index (κ2) is 8.01. The Morgan fingerprint density at radius 1 is 1.65 bits per heavy atom. The van der Waals surface area contributed by atoms with Crippen molar-refractivity contribution < 1.29 is 14.6 Å². The summed E-state index contributed by atoms with van der Waals surface area (Å²) in [5.41, 5.74) is 0.149. The lowest BCUT2D eigenvalue weighted by Crippen LogP contribution is -2.29. The topological polar surface area (TPSA) is 93.5 Å². The summed E-state index contributed by atoms with van der Waals surface area (Å²) in [4.78, 5) is 23.2. The third kappa shape index (κ3) is 4.61. The Labute approximate surface area is 125 Å². The van der Waals surface area contributed by atoms with Gasteiger partial charge in [-0.2, -0.15) is 5.10 Å². The molecule has 1 unspecified atom stereocenters. The molecule has 2 N–H and O–H groups in total. The lowest BCUT2D eigenvalue weighted by atomic mass is 10.2. The monoisotopic (exact) mass is 347 g/mol. The van der Waals surface area contributed by atoms with Crippen LogP contribution in [0.25, 0.3) is 0 Å². The van der Waals surface area contributed by atoms with Gasteiger partial charge in [-0.05, 0) is 35.7 Å². The van der Waals surface area contributed by atoms with Gasteiger partial charge in [0.2, 0.25) is 0 Å². The smallest absolute Gasteiger partial charge is 0.327 e. The first-order valence-electron chi connectivity index (χ1n) is 6.19. The van der Waals surface area contributed by atoms with Crippen molar-refractivity contribution in [2.45, 2.75) is 32.4 Å². The van der Waals surface area contributed by atoms with Crippen molar-refractivity contribution in [3.63, 3.8) is 0 Å². The van der Waals surface area contributed by atoms with Gasteiger partial charge >= 0.3 is 5.97 Å². The summed E-state index contributed by atoms with van der Waals surface area (Å²) in [6.07, 6.45) is 2.93. The first-order chi connectivity index (χ1) is 9.49. The Hall–Kier alpha value is -1.41. The highest BCUT2D eigenvalue weighted by Crippen LogP contribution is 2.18. The summed E-state index contributed by atoms with van der Waals surface area (Å²) in [5, 5.41) is 15.8. The van der Waals surface area contributed by atoms with Crippen LogP contribution in [0.3, 0.4) is 0 Å². The molecule has 8 heteroatoms. The summed E-state index contributed by atoms with van der Waals surface area (Å²) in [6, 6.07) is 0.0936. The number of aromatic nitrogens is 2. The average molecular weight is 348 g/mol. The van der Waals surface area contributed by atoms with Gasteiger partial charge in [0.05, 0.1) is 19.0 Å². The number of methoxy groups -OCH3 is 1. The van der Waals surface area contributed by atoms with Crippen molar-refractivity contribution in [2.24, 2.45) is 0 Å². The van der Waals surface area contributed by atoms with Crippen LogP contribution in [0, 0.1) is 0 Å². The fourth-order valence-electron chi connectivity index (χ4n) is 1.60. The van der Waals surface area contributed by atoms with E-state index in [-0.39, 0.29) is 19.2 Å². The summed E-state index contributed by atoms with van der Waals surface area (Å²) < 4.78 is 5.83. The van der Waals surface area contributed by atoms with E-state index in [1.165, 1.54) is 13.3 Å². The lowest BCUT2D eigenvalue weighted by molar-refractivity contribution is -0.141. The normalized spacial score (nSPS) is 12.0. The molecule has 1 heterocycles. The summed E-state index contributed by atoms with van der Waals surface area (Å²) >= 11 is 3.20. The zero-order chi connectivity index (χ0) is 15.1. The molecule has 7 nitrogen and oxygen atoms in total. The highest BCUT2D eigenvalue weighted by Gasteiger charge is 2.13. The molecule has 0 bridgehead atoms. The number of aliphatic hydroxyl groups excluding tert-OH is 1. The molecule has 0 amide bonds. The molecule has 112 valence electrons. The van der Waals surface area contributed by atoms with Gasteiger partial charge in [-0.25, -0.2) is 4.68 Å². The third-order valence-corrected chi connectivity index (χ3v) is 3.45.